The van der Waals surface area contributed by atoms with Crippen molar-refractivity contribution in [2.24, 2.45) is 10.2 Å². The summed E-state index contributed by atoms with van der Waals surface area (Å²) in [7, 11) is -13.7. The zero-order valence-electron chi connectivity index (χ0n) is 17.6. The van der Waals surface area contributed by atoms with Crippen molar-refractivity contribution in [3.8, 4) is 5.75 Å². The molecule has 35 heavy (non-hydrogen) atoms. The van der Waals surface area contributed by atoms with Crippen LogP contribution in [0.3, 0.4) is 0 Å². The molecule has 0 atom stereocenters. The van der Waals surface area contributed by atoms with Crippen LogP contribution in [-0.4, -0.2) is 51.3 Å². The summed E-state index contributed by atoms with van der Waals surface area (Å²) in [6.45, 7) is -0.0424. The van der Waals surface area contributed by atoms with Crippen molar-refractivity contribution in [1.82, 2.24) is 0 Å². The molecule has 0 fully saturated rings. The first kappa shape index (κ1) is 26.5. The summed E-state index contributed by atoms with van der Waals surface area (Å²) < 4.78 is 101. The fourth-order valence-corrected chi connectivity index (χ4v) is 4.79. The molecule has 5 N–H and O–H groups in total. The van der Waals surface area contributed by atoms with Crippen LogP contribution in [0.5, 0.6) is 5.75 Å². The van der Waals surface area contributed by atoms with Gasteiger partial charge in [-0.1, -0.05) is 6.07 Å². The minimum Gasteiger partial charge on any atom is -0.491 e. The number of ether oxygens (including phenoxy) is 1. The van der Waals surface area contributed by atoms with E-state index in [-0.39, 0.29) is 46.6 Å². The number of hydrogen-bond donors (Lipinski definition) is 4. The van der Waals surface area contributed by atoms with Gasteiger partial charge in [-0.2, -0.15) is 35.5 Å². The Morgan fingerprint density at radius 1 is 0.800 bits per heavy atom. The Labute approximate surface area is 200 Å². The van der Waals surface area contributed by atoms with E-state index in [0.717, 1.165) is 6.07 Å². The van der Waals surface area contributed by atoms with Crippen molar-refractivity contribution in [2.45, 2.75) is 16.2 Å². The zero-order chi connectivity index (χ0) is 26.0. The largest absolute Gasteiger partial charge is 0.491 e. The third-order valence-corrected chi connectivity index (χ3v) is 7.06. The molecule has 0 aliphatic rings. The lowest BCUT2D eigenvalue weighted by atomic mass is 10.1. The molecule has 188 valence electrons. The van der Waals surface area contributed by atoms with Crippen LogP contribution in [0.25, 0.3) is 10.8 Å². The number of anilines is 1. The summed E-state index contributed by atoms with van der Waals surface area (Å²) in [5.41, 5.74) is 6.49. The van der Waals surface area contributed by atoms with Crippen LogP contribution in [-0.2, 0) is 30.4 Å². The fourth-order valence-electron chi connectivity index (χ4n) is 2.96. The minimum atomic E-state index is -4.86. The van der Waals surface area contributed by atoms with E-state index in [1.165, 1.54) is 36.4 Å². The number of azo groups is 1. The van der Waals surface area contributed by atoms with Gasteiger partial charge in [-0.15, -0.1) is 0 Å². The average molecular weight is 546 g/mol. The Balaban J connectivity index is 1.91. The molecule has 0 aliphatic heterocycles. The monoisotopic (exact) mass is 545 g/mol. The number of nitrogens with zero attached hydrogens (tertiary/aromatic N) is 2. The van der Waals surface area contributed by atoms with Gasteiger partial charge in [0.1, 0.15) is 10.6 Å². The Bertz CT molecular complexity index is 1630. The van der Waals surface area contributed by atoms with Crippen LogP contribution in [0.1, 0.15) is 6.42 Å². The van der Waals surface area contributed by atoms with Crippen molar-refractivity contribution < 1.29 is 43.6 Å². The molecule has 0 saturated carbocycles. The number of nitrogen functional groups attached to an aromatic ring is 1. The van der Waals surface area contributed by atoms with Crippen molar-refractivity contribution in [3.63, 3.8) is 0 Å². The molecular weight excluding hydrogens is 526 g/mol. The second kappa shape index (κ2) is 9.84. The van der Waals surface area contributed by atoms with Crippen molar-refractivity contribution in [3.05, 3.63) is 48.5 Å². The average Bonchev–Trinajstić information content (AvgIpc) is 2.74. The van der Waals surface area contributed by atoms with E-state index in [1.807, 2.05) is 0 Å². The van der Waals surface area contributed by atoms with Gasteiger partial charge in [0.25, 0.3) is 30.4 Å². The highest BCUT2D eigenvalue weighted by Gasteiger charge is 2.20. The van der Waals surface area contributed by atoms with Crippen LogP contribution in [0.2, 0.25) is 0 Å². The highest BCUT2D eigenvalue weighted by Crippen LogP contribution is 2.32. The molecule has 3 aromatic carbocycles. The fraction of sp³-hybridized carbons (Fsp3) is 0.158. The van der Waals surface area contributed by atoms with Gasteiger partial charge in [0.15, 0.2) is 0 Å². The van der Waals surface area contributed by atoms with Crippen molar-refractivity contribution in [1.29, 1.82) is 0 Å². The Morgan fingerprint density at radius 3 is 2.03 bits per heavy atom. The Hall–Kier alpha value is -3.15. The Morgan fingerprint density at radius 2 is 1.43 bits per heavy atom. The molecule has 0 heterocycles. The third-order valence-electron chi connectivity index (χ3n) is 4.53. The van der Waals surface area contributed by atoms with Gasteiger partial charge < -0.3 is 10.5 Å². The molecule has 0 radical (unpaired) electrons. The molecule has 3 aromatic rings. The van der Waals surface area contributed by atoms with Gasteiger partial charge in [-0.3, -0.25) is 13.7 Å². The molecular formula is C19H19N3O10S3. The predicted molar refractivity (Wildman–Crippen MR) is 125 cm³/mol. The highest BCUT2D eigenvalue weighted by molar-refractivity contribution is 7.87. The molecule has 0 aromatic heterocycles. The standard InChI is InChI=1S/C19H19N3O10S3/c20-17-5-4-14(10-18(17)32-6-1-7-33(23,24)25)22-21-13-3-2-12-8-15(34(26,27)28)11-19(16(12)9-13)35(29,30)31/h2-5,8-11H,1,6-7,20H2,(H,23,24,25)(H,26,27,28)(H,29,30,31). The summed E-state index contributed by atoms with van der Waals surface area (Å²) in [5.74, 6) is -0.285. The number of fused-ring (bicyclic) bond motifs is 1. The van der Waals surface area contributed by atoms with Gasteiger partial charge in [0.05, 0.1) is 34.3 Å². The van der Waals surface area contributed by atoms with E-state index in [4.69, 9.17) is 15.0 Å². The maximum atomic E-state index is 11.8. The summed E-state index contributed by atoms with van der Waals surface area (Å²) in [6.07, 6.45) is 0.0243. The first-order valence-corrected chi connectivity index (χ1v) is 14.0. The van der Waals surface area contributed by atoms with Gasteiger partial charge in [0.2, 0.25) is 0 Å². The smallest absolute Gasteiger partial charge is 0.295 e. The zero-order valence-corrected chi connectivity index (χ0v) is 20.1. The summed E-state index contributed by atoms with van der Waals surface area (Å²) in [5, 5.41) is 8.04. The summed E-state index contributed by atoms with van der Waals surface area (Å²) in [6, 6.07) is 10.0. The van der Waals surface area contributed by atoms with Gasteiger partial charge in [-0.05, 0) is 48.2 Å². The highest BCUT2D eigenvalue weighted by atomic mass is 32.2. The van der Waals surface area contributed by atoms with Crippen LogP contribution in [0.4, 0.5) is 17.1 Å². The van der Waals surface area contributed by atoms with E-state index in [1.54, 1.807) is 0 Å². The van der Waals surface area contributed by atoms with E-state index in [0.29, 0.717) is 6.07 Å². The van der Waals surface area contributed by atoms with Gasteiger partial charge in [-0.25, -0.2) is 0 Å². The summed E-state index contributed by atoms with van der Waals surface area (Å²) >= 11 is 0. The van der Waals surface area contributed by atoms with Crippen LogP contribution in [0.15, 0.2) is 68.6 Å². The molecule has 0 bridgehead atoms. The van der Waals surface area contributed by atoms with Crippen LogP contribution >= 0.6 is 0 Å². The van der Waals surface area contributed by atoms with E-state index in [2.05, 4.69) is 10.2 Å². The number of nitrogens with two attached hydrogens (primary N) is 1. The molecule has 0 aliphatic carbocycles. The normalized spacial score (nSPS) is 12.9. The molecule has 3 rings (SSSR count). The van der Waals surface area contributed by atoms with Gasteiger partial charge in [0, 0.05) is 11.5 Å². The number of rotatable bonds is 9. The van der Waals surface area contributed by atoms with E-state index < -0.39 is 45.9 Å². The predicted octanol–water partition coefficient (Wildman–Crippen LogP) is 2.99. The van der Waals surface area contributed by atoms with Crippen molar-refractivity contribution >= 4 is 58.2 Å². The van der Waals surface area contributed by atoms with Crippen LogP contribution < -0.4 is 10.5 Å². The quantitative estimate of drug-likeness (QED) is 0.132. The minimum absolute atomic E-state index is 0.0243. The lowest BCUT2D eigenvalue weighted by Crippen LogP contribution is -2.09. The van der Waals surface area contributed by atoms with E-state index >= 15 is 0 Å². The molecule has 0 amide bonds. The van der Waals surface area contributed by atoms with E-state index in [9.17, 15) is 34.4 Å². The first-order valence-electron chi connectivity index (χ1n) is 9.55. The lowest BCUT2D eigenvalue weighted by Gasteiger charge is -2.09. The molecule has 16 heteroatoms. The third kappa shape index (κ3) is 7.17. The van der Waals surface area contributed by atoms with Gasteiger partial charge >= 0.3 is 0 Å². The second-order valence-electron chi connectivity index (χ2n) is 7.19. The maximum absolute atomic E-state index is 11.8. The maximum Gasteiger partial charge on any atom is 0.295 e. The molecule has 0 saturated heterocycles. The Kier molecular flexibility index (Phi) is 7.44. The lowest BCUT2D eigenvalue weighted by molar-refractivity contribution is 0.318. The molecule has 0 unspecified atom stereocenters. The second-order valence-corrected chi connectivity index (χ2v) is 11.6. The van der Waals surface area contributed by atoms with Crippen LogP contribution in [0, 0.1) is 0 Å². The molecule has 0 spiro atoms. The number of hydrogen-bond acceptors (Lipinski definition) is 10. The summed E-state index contributed by atoms with van der Waals surface area (Å²) in [4.78, 5) is -1.45. The molecule has 13 nitrogen and oxygen atoms in total. The SMILES string of the molecule is Nc1ccc(N=Nc2ccc3cc(S(=O)(=O)O)cc(S(=O)(=O)O)c3c2)cc1OCCCS(=O)(=O)O. The first-order chi connectivity index (χ1) is 16.1. The van der Waals surface area contributed by atoms with Crippen molar-refractivity contribution in [2.75, 3.05) is 18.1 Å². The topological polar surface area (TPSA) is 223 Å². The number of benzene rings is 3.